The topological polar surface area (TPSA) is 97.2 Å². The van der Waals surface area contributed by atoms with Gasteiger partial charge in [-0.15, -0.1) is 0 Å². The number of rotatable bonds is 5. The Morgan fingerprint density at radius 3 is 2.69 bits per heavy atom. The number of carbonyl (C=O) groups is 2. The van der Waals surface area contributed by atoms with Gasteiger partial charge < -0.3 is 20.8 Å². The van der Waals surface area contributed by atoms with Crippen LogP contribution in [0.4, 0.5) is 15.8 Å². The average Bonchev–Trinajstić information content (AvgIpc) is 3.03. The van der Waals surface area contributed by atoms with E-state index in [1.54, 1.807) is 25.1 Å². The molecule has 8 heteroatoms. The first-order valence-corrected chi connectivity index (χ1v) is 8.12. The molecule has 1 aromatic heterocycles. The molecule has 0 saturated heterocycles. The minimum Gasteiger partial charge on any atom is -0.461 e. The Balaban J connectivity index is 2.10. The van der Waals surface area contributed by atoms with Crippen LogP contribution in [0.2, 0.25) is 5.02 Å². The van der Waals surface area contributed by atoms with E-state index in [0.29, 0.717) is 22.3 Å². The Hall–Kier alpha value is -3.06. The van der Waals surface area contributed by atoms with Gasteiger partial charge in [-0.25, -0.2) is 9.18 Å². The van der Waals surface area contributed by atoms with Crippen LogP contribution >= 0.6 is 11.6 Å². The summed E-state index contributed by atoms with van der Waals surface area (Å²) in [5, 5.41) is 3.66. The summed E-state index contributed by atoms with van der Waals surface area (Å²) in [7, 11) is 0. The van der Waals surface area contributed by atoms with Crippen LogP contribution in [-0.4, -0.2) is 23.5 Å². The highest BCUT2D eigenvalue weighted by atomic mass is 35.5. The fourth-order valence-corrected chi connectivity index (χ4v) is 2.71. The van der Waals surface area contributed by atoms with E-state index in [9.17, 15) is 14.0 Å². The molecule has 1 amide bonds. The van der Waals surface area contributed by atoms with E-state index >= 15 is 0 Å². The quantitative estimate of drug-likeness (QED) is 0.587. The summed E-state index contributed by atoms with van der Waals surface area (Å²) in [6.07, 6.45) is 0. The monoisotopic (exact) mass is 375 g/mol. The first kappa shape index (κ1) is 17.8. The lowest BCUT2D eigenvalue weighted by molar-refractivity contribution is 0.0520. The van der Waals surface area contributed by atoms with Crippen molar-refractivity contribution in [3.05, 3.63) is 58.5 Å². The number of benzene rings is 2. The molecule has 134 valence electrons. The van der Waals surface area contributed by atoms with Crippen LogP contribution in [0.5, 0.6) is 0 Å². The lowest BCUT2D eigenvalue weighted by Crippen LogP contribution is -2.11. The highest BCUT2D eigenvalue weighted by Crippen LogP contribution is 2.30. The smallest absolute Gasteiger partial charge is 0.354 e. The van der Waals surface area contributed by atoms with Crippen LogP contribution in [0.15, 0.2) is 36.4 Å². The van der Waals surface area contributed by atoms with Crippen molar-refractivity contribution in [2.24, 2.45) is 5.73 Å². The van der Waals surface area contributed by atoms with Crippen molar-refractivity contribution in [2.45, 2.75) is 6.92 Å². The average molecular weight is 376 g/mol. The van der Waals surface area contributed by atoms with Crippen molar-refractivity contribution in [3.63, 3.8) is 0 Å². The van der Waals surface area contributed by atoms with Crippen molar-refractivity contribution in [1.29, 1.82) is 0 Å². The van der Waals surface area contributed by atoms with Gasteiger partial charge in [0.1, 0.15) is 11.5 Å². The molecule has 0 aliphatic carbocycles. The van der Waals surface area contributed by atoms with Crippen LogP contribution in [0, 0.1) is 5.82 Å². The molecule has 26 heavy (non-hydrogen) atoms. The number of carbonyl (C=O) groups excluding carboxylic acids is 2. The Morgan fingerprint density at radius 2 is 2.04 bits per heavy atom. The fourth-order valence-electron chi connectivity index (χ4n) is 2.53. The second-order valence-corrected chi connectivity index (χ2v) is 5.91. The first-order chi connectivity index (χ1) is 12.4. The number of primary amides is 1. The number of aromatic amines is 1. The summed E-state index contributed by atoms with van der Waals surface area (Å²) >= 11 is 5.80. The predicted molar refractivity (Wildman–Crippen MR) is 97.5 cm³/mol. The first-order valence-electron chi connectivity index (χ1n) is 7.74. The van der Waals surface area contributed by atoms with Crippen LogP contribution in [0.25, 0.3) is 10.9 Å². The van der Waals surface area contributed by atoms with Crippen molar-refractivity contribution < 1.29 is 18.7 Å². The highest BCUT2D eigenvalue weighted by molar-refractivity contribution is 6.31. The number of H-pyrrole nitrogens is 1. The third kappa shape index (κ3) is 3.48. The maximum Gasteiger partial charge on any atom is 0.354 e. The maximum atomic E-state index is 13.3. The van der Waals surface area contributed by atoms with Gasteiger partial charge in [-0.05, 0) is 43.3 Å². The number of amides is 1. The molecule has 6 nitrogen and oxygen atoms in total. The van der Waals surface area contributed by atoms with E-state index in [4.69, 9.17) is 22.1 Å². The number of hydrogen-bond acceptors (Lipinski definition) is 4. The van der Waals surface area contributed by atoms with Gasteiger partial charge in [0.15, 0.2) is 0 Å². The number of halogens is 2. The molecule has 0 fully saturated rings. The summed E-state index contributed by atoms with van der Waals surface area (Å²) < 4.78 is 18.3. The summed E-state index contributed by atoms with van der Waals surface area (Å²) in [5.41, 5.74) is 7.41. The second kappa shape index (κ2) is 7.05. The molecule has 3 rings (SSSR count). The van der Waals surface area contributed by atoms with E-state index in [0.717, 1.165) is 0 Å². The number of aromatic nitrogens is 1. The third-order valence-electron chi connectivity index (χ3n) is 3.72. The Morgan fingerprint density at radius 1 is 1.27 bits per heavy atom. The molecule has 0 atom stereocenters. The summed E-state index contributed by atoms with van der Waals surface area (Å²) in [5.74, 6) is -1.68. The Bertz CT molecular complexity index is 1020. The Labute approximate surface area is 153 Å². The van der Waals surface area contributed by atoms with Gasteiger partial charge in [0, 0.05) is 27.8 Å². The minimum absolute atomic E-state index is 0.0430. The van der Waals surface area contributed by atoms with E-state index in [-0.39, 0.29) is 22.9 Å². The number of nitrogens with one attached hydrogen (secondary N) is 2. The summed E-state index contributed by atoms with van der Waals surface area (Å²) in [4.78, 5) is 26.5. The van der Waals surface area contributed by atoms with Gasteiger partial charge in [-0.3, -0.25) is 4.79 Å². The minimum atomic E-state index is -0.626. The van der Waals surface area contributed by atoms with E-state index in [1.807, 2.05) is 0 Å². The highest BCUT2D eigenvalue weighted by Gasteiger charge is 2.15. The molecular weight excluding hydrogens is 361 g/mol. The van der Waals surface area contributed by atoms with Crippen LogP contribution < -0.4 is 11.1 Å². The number of nitrogens with two attached hydrogens (primary N) is 1. The molecule has 3 aromatic rings. The summed E-state index contributed by atoms with van der Waals surface area (Å²) in [6.45, 7) is 1.94. The van der Waals surface area contributed by atoms with E-state index < -0.39 is 17.7 Å². The lowest BCUT2D eigenvalue weighted by Gasteiger charge is -2.10. The van der Waals surface area contributed by atoms with Gasteiger partial charge in [0.25, 0.3) is 0 Å². The number of anilines is 2. The molecule has 0 radical (unpaired) electrons. The normalized spacial score (nSPS) is 10.7. The van der Waals surface area contributed by atoms with Gasteiger partial charge in [0.2, 0.25) is 5.91 Å². The standard InChI is InChI=1S/C18H15ClFN3O3/c1-2-26-18(25)16-8-11-14(5-9(17(21)24)6-15(11)23-16)22-10-3-4-13(20)12(19)7-10/h3-8,22-23H,2H2,1H3,(H2,21,24). The molecule has 1 heterocycles. The zero-order chi connectivity index (χ0) is 18.8. The Kier molecular flexibility index (Phi) is 4.81. The van der Waals surface area contributed by atoms with E-state index in [2.05, 4.69) is 10.3 Å². The maximum absolute atomic E-state index is 13.3. The van der Waals surface area contributed by atoms with E-state index in [1.165, 1.54) is 18.2 Å². The van der Waals surface area contributed by atoms with Crippen LogP contribution in [0.1, 0.15) is 27.8 Å². The fraction of sp³-hybridized carbons (Fsp3) is 0.111. The number of fused-ring (bicyclic) bond motifs is 1. The molecule has 0 saturated carbocycles. The molecule has 4 N–H and O–H groups in total. The summed E-state index contributed by atoms with van der Waals surface area (Å²) in [6, 6.07) is 8.84. The van der Waals surface area contributed by atoms with Crippen molar-refractivity contribution in [2.75, 3.05) is 11.9 Å². The molecular formula is C18H15ClFN3O3. The molecule has 0 bridgehead atoms. The van der Waals surface area contributed by atoms with Crippen LogP contribution in [0.3, 0.4) is 0 Å². The zero-order valence-corrected chi connectivity index (χ0v) is 14.5. The molecule has 2 aromatic carbocycles. The second-order valence-electron chi connectivity index (χ2n) is 5.51. The van der Waals surface area contributed by atoms with Gasteiger partial charge in [-0.1, -0.05) is 11.6 Å². The predicted octanol–water partition coefficient (Wildman–Crippen LogP) is 3.98. The van der Waals surface area contributed by atoms with Crippen molar-refractivity contribution in [1.82, 2.24) is 4.98 Å². The van der Waals surface area contributed by atoms with Gasteiger partial charge in [0.05, 0.1) is 11.6 Å². The SMILES string of the molecule is CCOC(=O)c1cc2c(Nc3ccc(F)c(Cl)c3)cc(C(N)=O)cc2[nH]1. The third-order valence-corrected chi connectivity index (χ3v) is 4.01. The number of hydrogen-bond donors (Lipinski definition) is 3. The van der Waals surface area contributed by atoms with Crippen LogP contribution in [-0.2, 0) is 4.74 Å². The van der Waals surface area contributed by atoms with Gasteiger partial charge in [-0.2, -0.15) is 0 Å². The number of ether oxygens (including phenoxy) is 1. The van der Waals surface area contributed by atoms with Crippen molar-refractivity contribution >= 4 is 45.8 Å². The molecule has 0 aliphatic rings. The molecule has 0 spiro atoms. The number of esters is 1. The lowest BCUT2D eigenvalue weighted by atomic mass is 10.1. The van der Waals surface area contributed by atoms with Crippen molar-refractivity contribution in [3.8, 4) is 0 Å². The van der Waals surface area contributed by atoms with Gasteiger partial charge >= 0.3 is 5.97 Å². The molecule has 0 unspecified atom stereocenters. The molecule has 0 aliphatic heterocycles. The zero-order valence-electron chi connectivity index (χ0n) is 13.7. The largest absolute Gasteiger partial charge is 0.461 e.